The van der Waals surface area contributed by atoms with Crippen LogP contribution in [0.5, 0.6) is 17.2 Å². The minimum absolute atomic E-state index is 0.119. The first-order valence-corrected chi connectivity index (χ1v) is 9.77. The summed E-state index contributed by atoms with van der Waals surface area (Å²) >= 11 is 0. The summed E-state index contributed by atoms with van der Waals surface area (Å²) < 4.78 is 17.2. The highest BCUT2D eigenvalue weighted by Crippen LogP contribution is 2.35. The zero-order valence-electron chi connectivity index (χ0n) is 16.9. The molecule has 1 atom stereocenters. The van der Waals surface area contributed by atoms with Gasteiger partial charge in [-0.25, -0.2) is 0 Å². The topological polar surface area (TPSA) is 77.1 Å². The molecule has 1 aliphatic rings. The number of hydrogen-bond donors (Lipinski definition) is 1. The van der Waals surface area contributed by atoms with Crippen LogP contribution in [0.15, 0.2) is 42.5 Å². The summed E-state index contributed by atoms with van der Waals surface area (Å²) in [6, 6.07) is 12.3. The average Bonchev–Trinajstić information content (AvgIpc) is 2.76. The van der Waals surface area contributed by atoms with Gasteiger partial charge in [-0.3, -0.25) is 9.59 Å². The SMILES string of the molecule is CCCOc1ccc(C(=O)N2C[C@@H](C(=O)NC)Oc3ccccc32)cc1OCC. The molecular formula is C22H26N2O5. The summed E-state index contributed by atoms with van der Waals surface area (Å²) in [5.74, 6) is 1.11. The lowest BCUT2D eigenvalue weighted by atomic mass is 10.1. The zero-order valence-corrected chi connectivity index (χ0v) is 16.9. The van der Waals surface area contributed by atoms with Gasteiger partial charge in [0.2, 0.25) is 0 Å². The van der Waals surface area contributed by atoms with Crippen LogP contribution in [0.4, 0.5) is 5.69 Å². The largest absolute Gasteiger partial charge is 0.490 e. The van der Waals surface area contributed by atoms with Gasteiger partial charge in [-0.15, -0.1) is 0 Å². The molecule has 1 aliphatic heterocycles. The molecule has 7 heteroatoms. The van der Waals surface area contributed by atoms with E-state index in [-0.39, 0.29) is 18.4 Å². The molecule has 2 aromatic carbocycles. The molecule has 0 saturated carbocycles. The van der Waals surface area contributed by atoms with Crippen molar-refractivity contribution in [1.82, 2.24) is 5.32 Å². The highest BCUT2D eigenvalue weighted by molar-refractivity contribution is 6.08. The fourth-order valence-corrected chi connectivity index (χ4v) is 3.12. The highest BCUT2D eigenvalue weighted by atomic mass is 16.5. The quantitative estimate of drug-likeness (QED) is 0.776. The van der Waals surface area contributed by atoms with Gasteiger partial charge in [-0.2, -0.15) is 0 Å². The number of carbonyl (C=O) groups is 2. The van der Waals surface area contributed by atoms with Crippen molar-refractivity contribution in [3.05, 3.63) is 48.0 Å². The van der Waals surface area contributed by atoms with Crippen LogP contribution in [0.3, 0.4) is 0 Å². The number of benzene rings is 2. The van der Waals surface area contributed by atoms with Crippen molar-refractivity contribution in [2.45, 2.75) is 26.4 Å². The first-order chi connectivity index (χ1) is 14.1. The van der Waals surface area contributed by atoms with Gasteiger partial charge < -0.3 is 24.4 Å². The van der Waals surface area contributed by atoms with Crippen LogP contribution in [0.1, 0.15) is 30.6 Å². The van der Waals surface area contributed by atoms with Crippen LogP contribution in [0.25, 0.3) is 0 Å². The number of hydrogen-bond acceptors (Lipinski definition) is 5. The van der Waals surface area contributed by atoms with Gasteiger partial charge in [0.15, 0.2) is 17.6 Å². The molecule has 0 unspecified atom stereocenters. The predicted octanol–water partition coefficient (Wildman–Crippen LogP) is 3.03. The van der Waals surface area contributed by atoms with E-state index in [9.17, 15) is 9.59 Å². The molecule has 0 fully saturated rings. The molecule has 1 heterocycles. The average molecular weight is 398 g/mol. The molecule has 2 amide bonds. The van der Waals surface area contributed by atoms with E-state index >= 15 is 0 Å². The number of para-hydroxylation sites is 2. The number of anilines is 1. The van der Waals surface area contributed by atoms with Gasteiger partial charge in [-0.1, -0.05) is 19.1 Å². The number of amides is 2. The summed E-state index contributed by atoms with van der Waals surface area (Å²) in [4.78, 5) is 27.1. The van der Waals surface area contributed by atoms with Gasteiger partial charge >= 0.3 is 0 Å². The van der Waals surface area contributed by atoms with Gasteiger partial charge in [0.1, 0.15) is 5.75 Å². The second-order valence-corrected chi connectivity index (χ2v) is 6.55. The number of nitrogens with zero attached hydrogens (tertiary/aromatic N) is 1. The number of fused-ring (bicyclic) bond motifs is 1. The highest BCUT2D eigenvalue weighted by Gasteiger charge is 2.34. The van der Waals surface area contributed by atoms with E-state index in [4.69, 9.17) is 14.2 Å². The zero-order chi connectivity index (χ0) is 20.8. The van der Waals surface area contributed by atoms with Crippen LogP contribution in [-0.4, -0.2) is 44.7 Å². The third-order valence-corrected chi connectivity index (χ3v) is 4.51. The van der Waals surface area contributed by atoms with E-state index < -0.39 is 6.10 Å². The molecule has 3 rings (SSSR count). The maximum atomic E-state index is 13.3. The Morgan fingerprint density at radius 1 is 1.14 bits per heavy atom. The summed E-state index contributed by atoms with van der Waals surface area (Å²) in [6.07, 6.45) is 0.0925. The van der Waals surface area contributed by atoms with Crippen LogP contribution >= 0.6 is 0 Å². The van der Waals surface area contributed by atoms with Gasteiger partial charge in [0.05, 0.1) is 25.4 Å². The molecule has 7 nitrogen and oxygen atoms in total. The number of likely N-dealkylation sites (N-methyl/N-ethyl adjacent to an activating group) is 1. The maximum absolute atomic E-state index is 13.3. The van der Waals surface area contributed by atoms with Gasteiger partial charge in [-0.05, 0) is 43.7 Å². The van der Waals surface area contributed by atoms with E-state index in [0.29, 0.717) is 41.7 Å². The fourth-order valence-electron chi connectivity index (χ4n) is 3.12. The maximum Gasteiger partial charge on any atom is 0.262 e. The third kappa shape index (κ3) is 4.45. The van der Waals surface area contributed by atoms with Crippen molar-refractivity contribution in [3.8, 4) is 17.2 Å². The van der Waals surface area contributed by atoms with Gasteiger partial charge in [0, 0.05) is 12.6 Å². The van der Waals surface area contributed by atoms with E-state index in [1.807, 2.05) is 19.9 Å². The number of ether oxygens (including phenoxy) is 3. The summed E-state index contributed by atoms with van der Waals surface area (Å²) in [7, 11) is 1.54. The Labute approximate surface area is 170 Å². The summed E-state index contributed by atoms with van der Waals surface area (Å²) in [5, 5.41) is 2.58. The standard InChI is InChI=1S/C22H26N2O5/c1-4-12-28-18-11-10-15(13-19(18)27-5-2)22(26)24-14-20(21(25)23-3)29-17-9-7-6-8-16(17)24/h6-11,13,20H,4-5,12,14H2,1-3H3,(H,23,25)/t20-/m0/s1. The minimum Gasteiger partial charge on any atom is -0.490 e. The molecule has 0 aromatic heterocycles. The summed E-state index contributed by atoms with van der Waals surface area (Å²) in [6.45, 7) is 5.05. The van der Waals surface area contributed by atoms with Crippen molar-refractivity contribution in [3.63, 3.8) is 0 Å². The van der Waals surface area contributed by atoms with Crippen LogP contribution in [-0.2, 0) is 4.79 Å². The number of carbonyl (C=O) groups excluding carboxylic acids is 2. The molecule has 0 saturated heterocycles. The Hall–Kier alpha value is -3.22. The molecule has 29 heavy (non-hydrogen) atoms. The first kappa shape index (κ1) is 20.5. The second kappa shape index (κ2) is 9.32. The van der Waals surface area contributed by atoms with E-state index in [1.54, 1.807) is 48.3 Å². The molecule has 0 aliphatic carbocycles. The normalized spacial score (nSPS) is 15.1. The predicted molar refractivity (Wildman–Crippen MR) is 110 cm³/mol. The molecule has 154 valence electrons. The van der Waals surface area contributed by atoms with E-state index in [1.165, 1.54) is 0 Å². The molecule has 0 spiro atoms. The smallest absolute Gasteiger partial charge is 0.262 e. The monoisotopic (exact) mass is 398 g/mol. The Morgan fingerprint density at radius 2 is 1.93 bits per heavy atom. The van der Waals surface area contributed by atoms with Gasteiger partial charge in [0.25, 0.3) is 11.8 Å². The van der Waals surface area contributed by atoms with E-state index in [0.717, 1.165) is 6.42 Å². The third-order valence-electron chi connectivity index (χ3n) is 4.51. The van der Waals surface area contributed by atoms with Crippen LogP contribution in [0, 0.1) is 0 Å². The second-order valence-electron chi connectivity index (χ2n) is 6.55. The first-order valence-electron chi connectivity index (χ1n) is 9.77. The Morgan fingerprint density at radius 3 is 2.66 bits per heavy atom. The lowest BCUT2D eigenvalue weighted by Gasteiger charge is -2.34. The molecule has 1 N–H and O–H groups in total. The van der Waals surface area contributed by atoms with Crippen molar-refractivity contribution in [2.75, 3.05) is 31.7 Å². The Balaban J connectivity index is 1.94. The fraction of sp³-hybridized carbons (Fsp3) is 0.364. The van der Waals surface area contributed by atoms with Crippen molar-refractivity contribution in [2.24, 2.45) is 0 Å². The van der Waals surface area contributed by atoms with Crippen molar-refractivity contribution >= 4 is 17.5 Å². The van der Waals surface area contributed by atoms with Crippen molar-refractivity contribution in [1.29, 1.82) is 0 Å². The van der Waals surface area contributed by atoms with E-state index in [2.05, 4.69) is 5.32 Å². The minimum atomic E-state index is -0.780. The Kier molecular flexibility index (Phi) is 6.59. The molecule has 2 aromatic rings. The lowest BCUT2D eigenvalue weighted by molar-refractivity contribution is -0.127. The molecule has 0 radical (unpaired) electrons. The van der Waals surface area contributed by atoms with Crippen molar-refractivity contribution < 1.29 is 23.8 Å². The summed E-state index contributed by atoms with van der Waals surface area (Å²) in [5.41, 5.74) is 1.08. The lowest BCUT2D eigenvalue weighted by Crippen LogP contribution is -2.50. The molecule has 0 bridgehead atoms. The Bertz CT molecular complexity index is 883. The molecular weight excluding hydrogens is 372 g/mol. The van der Waals surface area contributed by atoms with Crippen LogP contribution in [0.2, 0.25) is 0 Å². The number of rotatable bonds is 7. The van der Waals surface area contributed by atoms with Crippen LogP contribution < -0.4 is 24.4 Å². The number of nitrogens with one attached hydrogen (secondary N) is 1.